The maximum atomic E-state index is 10.7. The van der Waals surface area contributed by atoms with Gasteiger partial charge in [0.15, 0.2) is 0 Å². The average molecular weight is 1570 g/mol. The maximum Gasteiger partial charge on any atom is 0.522 e. The van der Waals surface area contributed by atoms with Crippen LogP contribution in [0.3, 0.4) is 0 Å². The normalized spacial score (nSPS) is 16.1. The van der Waals surface area contributed by atoms with E-state index in [1.165, 1.54) is 68.0 Å². The van der Waals surface area contributed by atoms with Crippen molar-refractivity contribution >= 4 is 54.3 Å². The van der Waals surface area contributed by atoms with Crippen LogP contribution in [0.2, 0.25) is 0 Å². The molecule has 2 radical (unpaired) electrons. The molecule has 3 N–H and O–H groups in total. The molecule has 0 spiro atoms. The number of alkyl halides is 3. The standard InChI is InChI=1S/C21H19N2O.C18H14N2O.2C13H12N.CHF3O3S.2CH4O.2Ir/c1-12(2)15-9-10-22-18(11-15)16-7-5-13(3)19-17-8-6-14(4)23-21(17)24-20(16)19;1-11-6-8-13(15-5-3-4-10-19-15)17-16(11)14-9-7-12(2)20-18(14)21-17;2*1-10-8-13(14-9-11(10)2)12-6-4-3-5-7-12;2-1(3,4)8(5,6)7;2*1-2;;/h5-6,8-12H,1-4H3;3-10H,1-2H3;2*3-6,8-9H,1-2H3;(H,5,6,7);2*2H,1H3;;/q-1;;2*-1;;;;;/i1D3,3D3,4D3,12D;1D3,2D3;2*2D3;;;;;. The Morgan fingerprint density at radius 1 is 0.563 bits per heavy atom. The van der Waals surface area contributed by atoms with Gasteiger partial charge < -0.3 is 34.0 Å². The summed E-state index contributed by atoms with van der Waals surface area (Å²) >= 11 is 0. The van der Waals surface area contributed by atoms with Gasteiger partial charge in [-0.1, -0.05) is 78.6 Å². The molecule has 0 aliphatic rings. The maximum absolute atomic E-state index is 10.7. The minimum atomic E-state index is -5.84. The van der Waals surface area contributed by atoms with Crippen LogP contribution in [0.25, 0.3) is 89.2 Å². The Morgan fingerprint density at radius 2 is 1.08 bits per heavy atom. The van der Waals surface area contributed by atoms with E-state index >= 15 is 0 Å². The predicted octanol–water partition coefficient (Wildman–Crippen LogP) is 16.2. The van der Waals surface area contributed by atoms with Gasteiger partial charge in [-0.3, -0.25) is 9.54 Å². The fourth-order valence-corrected chi connectivity index (χ4v) is 7.69. The fraction of sp³-hybridized carbons (Fsp3) is 0.206. The molecule has 4 aromatic carbocycles. The van der Waals surface area contributed by atoms with Gasteiger partial charge in [0, 0.05) is 142 Å². The third-order valence-corrected chi connectivity index (χ3v) is 12.4. The molecule has 458 valence electrons. The summed E-state index contributed by atoms with van der Waals surface area (Å²) < 4.78 is 238. The second-order valence-corrected chi connectivity index (χ2v) is 18.9. The summed E-state index contributed by atoms with van der Waals surface area (Å²) in [6, 6.07) is 46.0. The van der Waals surface area contributed by atoms with Crippen molar-refractivity contribution in [3.05, 3.63) is 227 Å². The van der Waals surface area contributed by atoms with Crippen molar-refractivity contribution in [2.45, 2.75) is 80.1 Å². The van der Waals surface area contributed by atoms with Crippen molar-refractivity contribution in [1.29, 1.82) is 0 Å². The average Bonchev–Trinajstić information content (AvgIpc) is 1.60. The molecule has 1 atom stereocenters. The first kappa shape index (κ1) is 44.7. The number of pyridine rings is 6. The van der Waals surface area contributed by atoms with Crippen LogP contribution < -0.4 is 0 Å². The third-order valence-electron chi connectivity index (χ3n) is 11.8. The molecule has 12 rings (SSSR count). The fourth-order valence-electron chi connectivity index (χ4n) is 7.69. The van der Waals surface area contributed by atoms with E-state index in [1.807, 2.05) is 54.6 Å². The molecule has 8 heterocycles. The van der Waals surface area contributed by atoms with Crippen molar-refractivity contribution in [3.8, 4) is 45.0 Å². The van der Waals surface area contributed by atoms with Crippen molar-refractivity contribution in [1.82, 2.24) is 29.9 Å². The van der Waals surface area contributed by atoms with Gasteiger partial charge in [0.25, 0.3) is 0 Å². The Hall–Kier alpha value is -7.70. The van der Waals surface area contributed by atoms with E-state index in [4.69, 9.17) is 62.2 Å². The molecule has 12 aromatic rings. The van der Waals surface area contributed by atoms with Gasteiger partial charge in [-0.15, -0.1) is 89.5 Å². The van der Waals surface area contributed by atoms with E-state index in [9.17, 15) is 13.2 Å². The van der Waals surface area contributed by atoms with Crippen molar-refractivity contribution in [3.63, 3.8) is 0 Å². The van der Waals surface area contributed by atoms with Crippen molar-refractivity contribution in [2.75, 3.05) is 14.2 Å². The molecule has 0 aliphatic carbocycles. The molecule has 13 nitrogen and oxygen atoms in total. The van der Waals surface area contributed by atoms with Gasteiger partial charge in [-0.2, -0.15) is 21.6 Å². The minimum absolute atomic E-state index is 0. The number of aryl methyl sites for hydroxylation is 8. The van der Waals surface area contributed by atoms with Gasteiger partial charge in [-0.05, 0) is 136 Å². The summed E-state index contributed by atoms with van der Waals surface area (Å²) in [7, 11) is -3.84. The SMILES string of the molecule is CO.CO.O=S(=O)(O)C(F)(F)F.[2H]C([2H])([2H])c1ccc2c(n1)oc1c(-c3cc(C([2H])(C)C([2H])([2H])[2H])ccn3)[c-]cc(C([2H])([2H])[2H])c12.[2H]C([2H])([2H])c1ccc2c(n1)oc1c(-c3ccccn3)ccc(C([2H])([2H])[2H])c12.[2H]C([2H])([2H])c1cnc(-c2[c-]cccc2)cc1C.[2H]C([2H])([2H])c1cnc(-c2[c-]cccc2)cc1C.[Ir].[Ir]. The first-order valence-corrected chi connectivity index (χ1v) is 26.2. The number of furan rings is 2. The van der Waals surface area contributed by atoms with Gasteiger partial charge in [0.05, 0.1) is 11.3 Å². The number of hydrogen-bond acceptors (Lipinski definition) is 12. The molecule has 19 heteroatoms. The monoisotopic (exact) mass is 1580 g/mol. The second-order valence-electron chi connectivity index (χ2n) is 17.5. The van der Waals surface area contributed by atoms with E-state index in [-0.39, 0.29) is 102 Å². The number of rotatable bonds is 5. The Bertz CT molecular complexity index is 5070. The van der Waals surface area contributed by atoms with E-state index in [2.05, 4.69) is 48.1 Å². The molecule has 0 amide bonds. The summed E-state index contributed by atoms with van der Waals surface area (Å²) in [5.74, 6) is -1.92. The zero-order valence-corrected chi connectivity index (χ0v) is 52.0. The summed E-state index contributed by atoms with van der Waals surface area (Å²) in [6.45, 7) is -11.7. The first-order chi connectivity index (χ1) is 49.4. The second kappa shape index (κ2) is 32.9. The molecule has 1 unspecified atom stereocenters. The van der Waals surface area contributed by atoms with Gasteiger partial charge in [-0.25, -0.2) is 9.97 Å². The predicted molar refractivity (Wildman–Crippen MR) is 331 cm³/mol. The molecule has 0 saturated carbocycles. The first-order valence-electron chi connectivity index (χ1n) is 35.8. The van der Waals surface area contributed by atoms with Crippen LogP contribution in [0.4, 0.5) is 13.2 Å². The molecular weight excluding hydrogens is 1490 g/mol. The smallest absolute Gasteiger partial charge is 0.486 e. The van der Waals surface area contributed by atoms with Crippen LogP contribution in [-0.4, -0.2) is 72.8 Å². The van der Waals surface area contributed by atoms with Crippen LogP contribution in [0.15, 0.2) is 167 Å². The number of aromatic nitrogens is 6. The number of fused-ring (bicyclic) bond motifs is 6. The Balaban J connectivity index is 0.000000300. The van der Waals surface area contributed by atoms with Gasteiger partial charge >= 0.3 is 15.6 Å². The molecule has 87 heavy (non-hydrogen) atoms. The molecule has 8 aromatic heterocycles. The number of nitrogens with zero attached hydrogens (tertiary/aromatic N) is 6. The van der Waals surface area contributed by atoms with E-state index in [0.717, 1.165) is 47.9 Å². The molecule has 0 fully saturated rings. The Labute approximate surface area is 563 Å². The van der Waals surface area contributed by atoms with E-state index < -0.39 is 69.5 Å². The number of hydrogen-bond donors (Lipinski definition) is 3. The van der Waals surface area contributed by atoms with Crippen LogP contribution in [-0.2, 0) is 50.3 Å². The van der Waals surface area contributed by atoms with E-state index in [1.54, 1.807) is 56.4 Å². The zero-order chi connectivity index (χ0) is 80.6. The zero-order valence-electron chi connectivity index (χ0n) is 68.4. The van der Waals surface area contributed by atoms with Crippen LogP contribution in [0.5, 0.6) is 0 Å². The van der Waals surface area contributed by atoms with Crippen LogP contribution >= 0.6 is 0 Å². The minimum Gasteiger partial charge on any atom is -0.486 e. The Morgan fingerprint density at radius 3 is 1.54 bits per heavy atom. The largest absolute Gasteiger partial charge is 0.522 e. The van der Waals surface area contributed by atoms with Gasteiger partial charge in [0.2, 0.25) is 11.4 Å². The van der Waals surface area contributed by atoms with Crippen LogP contribution in [0.1, 0.15) is 100 Å². The molecule has 0 aliphatic heterocycles. The molecule has 0 bridgehead atoms. The van der Waals surface area contributed by atoms with Crippen molar-refractivity contribution in [2.24, 2.45) is 0 Å². The van der Waals surface area contributed by atoms with Gasteiger partial charge in [0.1, 0.15) is 5.58 Å². The van der Waals surface area contributed by atoms with Crippen LogP contribution in [0, 0.1) is 73.2 Å². The number of aliphatic hydroxyl groups excluding tert-OH is 2. The molecule has 0 saturated heterocycles. The Kier molecular flexibility index (Phi) is 16.9. The topological polar surface area (TPSA) is 198 Å². The van der Waals surface area contributed by atoms with E-state index in [0.29, 0.717) is 44.1 Å². The number of halogens is 3. The van der Waals surface area contributed by atoms with Crippen molar-refractivity contribution < 1.29 is 116 Å². The summed E-state index contributed by atoms with van der Waals surface area (Å²) in [6.07, 6.45) is 5.84. The summed E-state index contributed by atoms with van der Waals surface area (Å²) in [5.41, 5.74) is 1.82. The number of benzene rings is 4. The summed E-state index contributed by atoms with van der Waals surface area (Å²) in [5, 5.41) is 15.4. The summed E-state index contributed by atoms with van der Waals surface area (Å²) in [4.78, 5) is 25.1. The number of aliphatic hydroxyl groups is 2. The molecular formula is C68H66F3Ir2N6O7S-3. The quantitative estimate of drug-likeness (QED) is 0.0836. The third kappa shape index (κ3) is 18.4.